The van der Waals surface area contributed by atoms with Crippen molar-refractivity contribution in [3.05, 3.63) is 109 Å². The SMILES string of the molecule is C=C(/C=C(\C)c1ccc(-c2ccccc2)cc1)c1ccccc1. The van der Waals surface area contributed by atoms with Gasteiger partial charge < -0.3 is 0 Å². The summed E-state index contributed by atoms with van der Waals surface area (Å²) < 4.78 is 0. The summed E-state index contributed by atoms with van der Waals surface area (Å²) in [5.74, 6) is 0. The molecule has 0 heterocycles. The molecule has 112 valence electrons. The van der Waals surface area contributed by atoms with Gasteiger partial charge in [0.1, 0.15) is 0 Å². The Morgan fingerprint density at radius 2 is 1.17 bits per heavy atom. The second kappa shape index (κ2) is 6.93. The molecule has 0 N–H and O–H groups in total. The van der Waals surface area contributed by atoms with Crippen molar-refractivity contribution < 1.29 is 0 Å². The highest BCUT2D eigenvalue weighted by Crippen LogP contribution is 2.24. The van der Waals surface area contributed by atoms with Crippen LogP contribution in [0.5, 0.6) is 0 Å². The van der Waals surface area contributed by atoms with Crippen molar-refractivity contribution in [2.45, 2.75) is 6.92 Å². The fourth-order valence-electron chi connectivity index (χ4n) is 2.64. The molecule has 0 atom stereocenters. The summed E-state index contributed by atoms with van der Waals surface area (Å²) in [6, 6.07) is 29.4. The van der Waals surface area contributed by atoms with Crippen LogP contribution in [0.2, 0.25) is 0 Å². The highest BCUT2D eigenvalue weighted by molar-refractivity contribution is 5.82. The van der Waals surface area contributed by atoms with Gasteiger partial charge >= 0.3 is 0 Å². The van der Waals surface area contributed by atoms with Gasteiger partial charge in [0.15, 0.2) is 0 Å². The highest BCUT2D eigenvalue weighted by atomic mass is 14.1. The van der Waals surface area contributed by atoms with Crippen molar-refractivity contribution in [3.8, 4) is 11.1 Å². The van der Waals surface area contributed by atoms with Crippen molar-refractivity contribution in [2.24, 2.45) is 0 Å². The van der Waals surface area contributed by atoms with Crippen LogP contribution in [-0.2, 0) is 0 Å². The first-order valence-electron chi connectivity index (χ1n) is 7.82. The summed E-state index contributed by atoms with van der Waals surface area (Å²) in [4.78, 5) is 0. The predicted octanol–water partition coefficient (Wildman–Crippen LogP) is 6.47. The first-order valence-corrected chi connectivity index (χ1v) is 7.82. The van der Waals surface area contributed by atoms with Crippen LogP contribution in [0.4, 0.5) is 0 Å². The van der Waals surface area contributed by atoms with Crippen molar-refractivity contribution in [2.75, 3.05) is 0 Å². The summed E-state index contributed by atoms with van der Waals surface area (Å²) in [6.07, 6.45) is 2.15. The molecule has 0 fully saturated rings. The van der Waals surface area contributed by atoms with Crippen molar-refractivity contribution in [3.63, 3.8) is 0 Å². The molecule has 0 saturated carbocycles. The van der Waals surface area contributed by atoms with E-state index >= 15 is 0 Å². The molecule has 23 heavy (non-hydrogen) atoms. The summed E-state index contributed by atoms with van der Waals surface area (Å²) in [7, 11) is 0. The average molecular weight is 296 g/mol. The Hall–Kier alpha value is -2.86. The molecule has 0 nitrogen and oxygen atoms in total. The molecule has 0 aromatic heterocycles. The molecule has 0 aliphatic carbocycles. The van der Waals surface area contributed by atoms with Crippen LogP contribution in [0.3, 0.4) is 0 Å². The quantitative estimate of drug-likeness (QED) is 0.484. The second-order valence-corrected chi connectivity index (χ2v) is 5.66. The normalized spacial score (nSPS) is 11.3. The lowest BCUT2D eigenvalue weighted by Gasteiger charge is -2.07. The van der Waals surface area contributed by atoms with Gasteiger partial charge in [0.05, 0.1) is 0 Å². The fourth-order valence-corrected chi connectivity index (χ4v) is 2.64. The van der Waals surface area contributed by atoms with Crippen molar-refractivity contribution in [1.82, 2.24) is 0 Å². The number of benzene rings is 3. The lowest BCUT2D eigenvalue weighted by atomic mass is 9.98. The average Bonchev–Trinajstić information content (AvgIpc) is 2.63. The zero-order valence-corrected chi connectivity index (χ0v) is 13.4. The van der Waals surface area contributed by atoms with Crippen LogP contribution in [0.15, 0.2) is 97.6 Å². The lowest BCUT2D eigenvalue weighted by molar-refractivity contribution is 1.54. The van der Waals surface area contributed by atoms with Crippen LogP contribution < -0.4 is 0 Å². The minimum absolute atomic E-state index is 1.04. The van der Waals surface area contributed by atoms with Crippen molar-refractivity contribution in [1.29, 1.82) is 0 Å². The van der Waals surface area contributed by atoms with E-state index in [0.29, 0.717) is 0 Å². The molecule has 3 rings (SSSR count). The summed E-state index contributed by atoms with van der Waals surface area (Å²) in [5.41, 5.74) is 7.13. The smallest absolute Gasteiger partial charge is 0.0184 e. The summed E-state index contributed by atoms with van der Waals surface area (Å²) in [5, 5.41) is 0. The highest BCUT2D eigenvalue weighted by Gasteiger charge is 2.01. The number of hydrogen-bond donors (Lipinski definition) is 0. The van der Waals surface area contributed by atoms with E-state index in [4.69, 9.17) is 0 Å². The van der Waals surface area contributed by atoms with Gasteiger partial charge in [-0.2, -0.15) is 0 Å². The van der Waals surface area contributed by atoms with Gasteiger partial charge in [0, 0.05) is 0 Å². The maximum Gasteiger partial charge on any atom is -0.0184 e. The van der Waals surface area contributed by atoms with Gasteiger partial charge in [-0.1, -0.05) is 97.6 Å². The van der Waals surface area contributed by atoms with Gasteiger partial charge in [0.2, 0.25) is 0 Å². The van der Waals surface area contributed by atoms with E-state index in [1.54, 1.807) is 0 Å². The minimum Gasteiger partial charge on any atom is -0.0911 e. The molecule has 0 amide bonds. The van der Waals surface area contributed by atoms with Crippen LogP contribution in [0.1, 0.15) is 18.1 Å². The number of hydrogen-bond acceptors (Lipinski definition) is 0. The molecule has 3 aromatic carbocycles. The molecule has 0 radical (unpaired) electrons. The monoisotopic (exact) mass is 296 g/mol. The standard InChI is InChI=1S/C23H20/c1-18(20-9-5-3-6-10-20)17-19(2)21-13-15-23(16-14-21)22-11-7-4-8-12-22/h3-17H,1H2,2H3/b19-17+. The Morgan fingerprint density at radius 1 is 0.652 bits per heavy atom. The maximum absolute atomic E-state index is 4.18. The Morgan fingerprint density at radius 3 is 1.78 bits per heavy atom. The summed E-state index contributed by atoms with van der Waals surface area (Å²) >= 11 is 0. The zero-order chi connectivity index (χ0) is 16.1. The van der Waals surface area contributed by atoms with Crippen LogP contribution in [0.25, 0.3) is 22.3 Å². The number of rotatable bonds is 4. The second-order valence-electron chi connectivity index (χ2n) is 5.66. The third-order valence-electron chi connectivity index (χ3n) is 3.98. The van der Waals surface area contributed by atoms with Crippen LogP contribution in [-0.4, -0.2) is 0 Å². The Bertz CT molecular complexity index is 807. The zero-order valence-electron chi connectivity index (χ0n) is 13.4. The molecule has 0 bridgehead atoms. The Balaban J connectivity index is 1.82. The molecule has 0 saturated heterocycles. The molecular weight excluding hydrogens is 276 g/mol. The van der Waals surface area contributed by atoms with E-state index in [0.717, 1.165) is 11.1 Å². The van der Waals surface area contributed by atoms with Crippen molar-refractivity contribution >= 4 is 11.1 Å². The minimum atomic E-state index is 1.04. The Labute approximate surface area is 138 Å². The third kappa shape index (κ3) is 3.67. The predicted molar refractivity (Wildman–Crippen MR) is 101 cm³/mol. The van der Waals surface area contributed by atoms with Gasteiger partial charge in [0.25, 0.3) is 0 Å². The first-order chi connectivity index (χ1) is 11.2. The van der Waals surface area contributed by atoms with E-state index in [-0.39, 0.29) is 0 Å². The topological polar surface area (TPSA) is 0 Å². The van der Waals surface area contributed by atoms with Crippen LogP contribution >= 0.6 is 0 Å². The van der Waals surface area contributed by atoms with Gasteiger partial charge in [-0.15, -0.1) is 0 Å². The third-order valence-corrected chi connectivity index (χ3v) is 3.98. The first kappa shape index (κ1) is 15.1. The van der Waals surface area contributed by atoms with E-state index in [9.17, 15) is 0 Å². The van der Waals surface area contributed by atoms with E-state index < -0.39 is 0 Å². The molecule has 3 aromatic rings. The molecule has 0 aliphatic heterocycles. The molecule has 0 aliphatic rings. The molecule has 0 spiro atoms. The molecule has 0 heteroatoms. The maximum atomic E-state index is 4.18. The largest absolute Gasteiger partial charge is 0.0911 e. The van der Waals surface area contributed by atoms with Crippen LogP contribution in [0, 0.1) is 0 Å². The number of allylic oxidation sites excluding steroid dienone is 3. The molecular formula is C23H20. The van der Waals surface area contributed by atoms with Gasteiger partial charge in [-0.3, -0.25) is 0 Å². The van der Waals surface area contributed by atoms with Gasteiger partial charge in [-0.25, -0.2) is 0 Å². The van der Waals surface area contributed by atoms with Gasteiger partial charge in [-0.05, 0) is 40.3 Å². The lowest BCUT2D eigenvalue weighted by Crippen LogP contribution is -1.84. The Kier molecular flexibility index (Phi) is 4.54. The van der Waals surface area contributed by atoms with E-state index in [1.807, 2.05) is 24.3 Å². The summed E-state index contributed by atoms with van der Waals surface area (Å²) in [6.45, 7) is 6.31. The van der Waals surface area contributed by atoms with E-state index in [2.05, 4.69) is 80.2 Å². The molecule has 0 unspecified atom stereocenters. The fraction of sp³-hybridized carbons (Fsp3) is 0.0435. The van der Waals surface area contributed by atoms with E-state index in [1.165, 1.54) is 22.3 Å².